The first-order chi connectivity index (χ1) is 6.48. The lowest BCUT2D eigenvalue weighted by molar-refractivity contribution is 0.632. The first-order valence-corrected chi connectivity index (χ1v) is 7.49. The van der Waals surface area contributed by atoms with Gasteiger partial charge in [-0.3, -0.25) is 4.21 Å². The van der Waals surface area contributed by atoms with Gasteiger partial charge in [0.05, 0.1) is 0 Å². The van der Waals surface area contributed by atoms with Gasteiger partial charge in [-0.15, -0.1) is 0 Å². The van der Waals surface area contributed by atoms with Gasteiger partial charge >= 0.3 is 0 Å². The lowest BCUT2D eigenvalue weighted by atomic mass is 10.2. The molecule has 0 spiro atoms. The van der Waals surface area contributed by atoms with Gasteiger partial charge in [0.25, 0.3) is 0 Å². The van der Waals surface area contributed by atoms with E-state index in [2.05, 4.69) is 17.5 Å². The summed E-state index contributed by atoms with van der Waals surface area (Å²) in [4.78, 5) is 0. The molecule has 0 aliphatic carbocycles. The fourth-order valence-corrected chi connectivity index (χ4v) is 3.07. The van der Waals surface area contributed by atoms with E-state index in [0.29, 0.717) is 0 Å². The maximum absolute atomic E-state index is 11.8. The number of unbranched alkanes of at least 4 members (excludes halogenated alkanes) is 4. The molecule has 1 unspecified atom stereocenters. The normalized spacial score (nSPS) is 15.7. The highest BCUT2D eigenvalue weighted by molar-refractivity contribution is 7.98. The number of rotatable bonds is 8. The Hall–Kier alpha value is -0.0200. The van der Waals surface area contributed by atoms with Crippen molar-refractivity contribution in [2.24, 2.45) is 0 Å². The van der Waals surface area contributed by atoms with Crippen LogP contribution in [0, 0.1) is 0 Å². The van der Waals surface area contributed by atoms with Crippen LogP contribution in [-0.4, -0.2) is 21.9 Å². The molecular formula is C11H25NOS. The molecule has 0 saturated carbocycles. The van der Waals surface area contributed by atoms with Crippen LogP contribution in [0.25, 0.3) is 0 Å². The van der Waals surface area contributed by atoms with Crippen LogP contribution in [0.3, 0.4) is 0 Å². The van der Waals surface area contributed by atoms with Crippen molar-refractivity contribution in [2.45, 2.75) is 58.9 Å². The Balaban J connectivity index is 3.56. The number of hydrogen-bond acceptors (Lipinski definition) is 1. The Kier molecular flexibility index (Phi) is 7.28. The molecule has 0 bridgehead atoms. The summed E-state index contributed by atoms with van der Waals surface area (Å²) in [6.45, 7) is 6.20. The second-order valence-electron chi connectivity index (χ2n) is 4.20. The maximum atomic E-state index is 11.8. The van der Waals surface area contributed by atoms with E-state index in [-0.39, 0.29) is 6.04 Å². The van der Waals surface area contributed by atoms with E-state index < -0.39 is 9.71 Å². The molecule has 0 heterocycles. The molecule has 86 valence electrons. The summed E-state index contributed by atoms with van der Waals surface area (Å²) in [5.74, 6) is 4.46. The Morgan fingerprint density at radius 3 is 2.29 bits per heavy atom. The zero-order valence-corrected chi connectivity index (χ0v) is 10.7. The van der Waals surface area contributed by atoms with Gasteiger partial charge in [0.2, 0.25) is 0 Å². The highest BCUT2D eigenvalue weighted by atomic mass is 32.2. The third-order valence-electron chi connectivity index (χ3n) is 2.03. The van der Waals surface area contributed by atoms with Crippen molar-refractivity contribution in [2.75, 3.05) is 5.75 Å². The summed E-state index contributed by atoms with van der Waals surface area (Å²) in [6.07, 6.45) is 6.01. The fraction of sp³-hybridized carbons (Fsp3) is 0.909. The predicted molar refractivity (Wildman–Crippen MR) is 67.2 cm³/mol. The van der Waals surface area contributed by atoms with Crippen molar-refractivity contribution >= 4 is 15.6 Å². The van der Waals surface area contributed by atoms with Crippen molar-refractivity contribution in [3.05, 3.63) is 0 Å². The average Bonchev–Trinajstić information content (AvgIpc) is 2.01. The van der Waals surface area contributed by atoms with Gasteiger partial charge < -0.3 is 0 Å². The minimum absolute atomic E-state index is 0.260. The van der Waals surface area contributed by atoms with E-state index in [1.54, 1.807) is 0 Å². The number of hydrogen-bond donors (Lipinski definition) is 1. The van der Waals surface area contributed by atoms with Gasteiger partial charge in [-0.25, -0.2) is 4.72 Å². The van der Waals surface area contributed by atoms with Gasteiger partial charge in [0, 0.05) is 21.5 Å². The summed E-state index contributed by atoms with van der Waals surface area (Å²) in [7, 11) is -2.02. The zero-order valence-electron chi connectivity index (χ0n) is 9.84. The average molecular weight is 219 g/mol. The molecule has 0 aromatic heterocycles. The second-order valence-corrected chi connectivity index (χ2v) is 6.47. The molecule has 0 aromatic carbocycles. The highest BCUT2D eigenvalue weighted by Crippen LogP contribution is 2.04. The van der Waals surface area contributed by atoms with Crippen LogP contribution in [0.2, 0.25) is 0 Å². The van der Waals surface area contributed by atoms with Crippen LogP contribution < -0.4 is 4.72 Å². The van der Waals surface area contributed by atoms with Crippen LogP contribution in [0.15, 0.2) is 0 Å². The van der Waals surface area contributed by atoms with E-state index >= 15 is 0 Å². The smallest absolute Gasteiger partial charge is 0.0289 e. The molecule has 1 atom stereocenters. The van der Waals surface area contributed by atoms with Crippen molar-refractivity contribution in [1.82, 2.24) is 4.72 Å². The van der Waals surface area contributed by atoms with Crippen molar-refractivity contribution in [3.8, 4) is 0 Å². The lowest BCUT2D eigenvalue weighted by Crippen LogP contribution is -2.32. The Morgan fingerprint density at radius 1 is 1.21 bits per heavy atom. The quantitative estimate of drug-likeness (QED) is 0.493. The molecular weight excluding hydrogens is 194 g/mol. The van der Waals surface area contributed by atoms with Gasteiger partial charge in [-0.2, -0.15) is 0 Å². The largest absolute Gasteiger partial charge is 0.253 e. The molecule has 0 saturated heterocycles. The molecule has 0 rings (SSSR count). The molecule has 14 heavy (non-hydrogen) atoms. The van der Waals surface area contributed by atoms with Crippen LogP contribution >= 0.6 is 0 Å². The van der Waals surface area contributed by atoms with Crippen molar-refractivity contribution in [3.63, 3.8) is 0 Å². The first kappa shape index (κ1) is 14.0. The SMILES string of the molecule is C=S(=O)(CCCCCCC)NC(C)C. The Morgan fingerprint density at radius 2 is 1.79 bits per heavy atom. The van der Waals surface area contributed by atoms with Crippen LogP contribution in [0.4, 0.5) is 0 Å². The van der Waals surface area contributed by atoms with Gasteiger partial charge in [0.1, 0.15) is 0 Å². The van der Waals surface area contributed by atoms with Crippen LogP contribution in [0.5, 0.6) is 0 Å². The van der Waals surface area contributed by atoms with E-state index in [1.165, 1.54) is 25.7 Å². The summed E-state index contributed by atoms with van der Waals surface area (Å²) in [5, 5.41) is 0. The molecule has 0 fully saturated rings. The molecule has 0 amide bonds. The minimum Gasteiger partial charge on any atom is -0.253 e. The summed E-state index contributed by atoms with van der Waals surface area (Å²) >= 11 is 0. The van der Waals surface area contributed by atoms with E-state index in [9.17, 15) is 4.21 Å². The van der Waals surface area contributed by atoms with E-state index in [0.717, 1.165) is 12.2 Å². The minimum atomic E-state index is -2.02. The maximum Gasteiger partial charge on any atom is 0.0289 e. The molecule has 0 aliphatic heterocycles. The molecule has 0 aliphatic rings. The van der Waals surface area contributed by atoms with Gasteiger partial charge in [0.15, 0.2) is 0 Å². The molecule has 0 aromatic rings. The summed E-state index contributed by atoms with van der Waals surface area (Å²) < 4.78 is 14.8. The van der Waals surface area contributed by atoms with Crippen LogP contribution in [-0.2, 0) is 9.71 Å². The lowest BCUT2D eigenvalue weighted by Gasteiger charge is -2.13. The van der Waals surface area contributed by atoms with Crippen LogP contribution in [0.1, 0.15) is 52.9 Å². The summed E-state index contributed by atoms with van der Waals surface area (Å²) in [5.41, 5.74) is 0. The van der Waals surface area contributed by atoms with Gasteiger partial charge in [-0.05, 0) is 26.1 Å². The van der Waals surface area contributed by atoms with E-state index in [1.807, 2.05) is 13.8 Å². The summed E-state index contributed by atoms with van der Waals surface area (Å²) in [6, 6.07) is 0.260. The van der Waals surface area contributed by atoms with E-state index in [4.69, 9.17) is 0 Å². The van der Waals surface area contributed by atoms with Crippen molar-refractivity contribution in [1.29, 1.82) is 0 Å². The predicted octanol–water partition coefficient (Wildman–Crippen LogP) is 2.59. The molecule has 0 radical (unpaired) electrons. The zero-order chi connectivity index (χ0) is 11.0. The monoisotopic (exact) mass is 219 g/mol. The third kappa shape index (κ3) is 8.57. The Labute approximate surface area is 89.6 Å². The number of nitrogens with one attached hydrogen (secondary N) is 1. The fourth-order valence-electron chi connectivity index (χ4n) is 1.43. The van der Waals surface area contributed by atoms with Crippen molar-refractivity contribution < 1.29 is 4.21 Å². The topological polar surface area (TPSA) is 29.1 Å². The molecule has 3 heteroatoms. The third-order valence-corrected chi connectivity index (χ3v) is 3.88. The highest BCUT2D eigenvalue weighted by Gasteiger charge is 2.04. The second kappa shape index (κ2) is 7.30. The molecule has 1 N–H and O–H groups in total. The Bertz CT molecular complexity index is 219. The standard InChI is InChI=1S/C11H25NOS/c1-5-6-7-8-9-10-14(4,13)12-11(2)3/h11H,4-10H2,1-3H3,(H,12,13). The first-order valence-electron chi connectivity index (χ1n) is 5.60. The van der Waals surface area contributed by atoms with Gasteiger partial charge in [-0.1, -0.05) is 32.6 Å². The molecule has 2 nitrogen and oxygen atoms in total.